The highest BCUT2D eigenvalue weighted by atomic mass is 32.1. The maximum atomic E-state index is 5.56. The van der Waals surface area contributed by atoms with Crippen LogP contribution >= 0.6 is 11.3 Å². The molecule has 0 saturated carbocycles. The quantitative estimate of drug-likeness (QED) is 0.854. The molecule has 0 aliphatic rings. The van der Waals surface area contributed by atoms with Gasteiger partial charge in [0.25, 0.3) is 0 Å². The summed E-state index contributed by atoms with van der Waals surface area (Å²) in [4.78, 5) is 9.68. The topological polar surface area (TPSA) is 47.0 Å². The van der Waals surface area contributed by atoms with Gasteiger partial charge in [-0.3, -0.25) is 4.98 Å². The fourth-order valence-electron chi connectivity index (χ4n) is 1.39. The molecule has 17 heavy (non-hydrogen) atoms. The maximum absolute atomic E-state index is 5.56. The molecule has 0 saturated heterocycles. The first-order chi connectivity index (χ1) is 8.38. The highest BCUT2D eigenvalue weighted by molar-refractivity contribution is 7.09. The molecule has 0 aliphatic heterocycles. The Morgan fingerprint density at radius 2 is 2.35 bits per heavy atom. The second-order valence-electron chi connectivity index (χ2n) is 3.45. The van der Waals surface area contributed by atoms with E-state index < -0.39 is 0 Å². The number of ether oxygens (including phenoxy) is 1. The molecule has 2 rings (SSSR count). The van der Waals surface area contributed by atoms with Crippen LogP contribution in [0.1, 0.15) is 11.8 Å². The predicted octanol–water partition coefficient (Wildman–Crippen LogP) is 2.59. The largest absolute Gasteiger partial charge is 0.476 e. The molecule has 1 N–H and O–H groups in total. The van der Waals surface area contributed by atoms with Gasteiger partial charge in [0, 0.05) is 17.8 Å². The molecule has 2 heterocycles. The summed E-state index contributed by atoms with van der Waals surface area (Å²) in [7, 11) is 0. The fraction of sp³-hybridized carbons (Fsp3) is 0.333. The van der Waals surface area contributed by atoms with Gasteiger partial charge in [-0.25, -0.2) is 0 Å². The Balaban J connectivity index is 1.84. The normalized spacial score (nSPS) is 10.2. The Bertz CT molecular complexity index is 445. The fourth-order valence-corrected chi connectivity index (χ4v) is 2.09. The Kier molecular flexibility index (Phi) is 4.32. The van der Waals surface area contributed by atoms with Crippen molar-refractivity contribution in [2.24, 2.45) is 0 Å². The minimum absolute atomic E-state index is 0.569. The molecule has 0 bridgehead atoms. The molecule has 5 heteroatoms. The molecular formula is C12H15N3OS. The highest BCUT2D eigenvalue weighted by Gasteiger charge is 1.99. The summed E-state index contributed by atoms with van der Waals surface area (Å²) in [6.45, 7) is 3.48. The molecule has 0 radical (unpaired) electrons. The molecule has 2 aromatic heterocycles. The van der Waals surface area contributed by atoms with Crippen LogP contribution in [0, 0.1) is 0 Å². The molecule has 0 aromatic carbocycles. The summed E-state index contributed by atoms with van der Waals surface area (Å²) in [5.41, 5.74) is 0. The van der Waals surface area contributed by atoms with E-state index in [1.165, 1.54) is 4.88 Å². The van der Waals surface area contributed by atoms with Crippen LogP contribution in [0.25, 0.3) is 0 Å². The van der Waals surface area contributed by atoms with Crippen LogP contribution < -0.4 is 10.1 Å². The third kappa shape index (κ3) is 3.71. The molecule has 0 amide bonds. The molecule has 0 atom stereocenters. The molecule has 0 unspecified atom stereocenters. The van der Waals surface area contributed by atoms with E-state index in [0.29, 0.717) is 12.5 Å². The van der Waals surface area contributed by atoms with Crippen molar-refractivity contribution >= 4 is 17.2 Å². The van der Waals surface area contributed by atoms with Crippen molar-refractivity contribution in [2.45, 2.75) is 13.3 Å². The molecule has 0 aliphatic carbocycles. The van der Waals surface area contributed by atoms with E-state index in [-0.39, 0.29) is 0 Å². The van der Waals surface area contributed by atoms with Crippen LogP contribution in [0.2, 0.25) is 0 Å². The number of anilines is 1. The zero-order chi connectivity index (χ0) is 11.9. The van der Waals surface area contributed by atoms with Crippen LogP contribution in [0.15, 0.2) is 29.9 Å². The molecule has 4 nitrogen and oxygen atoms in total. The Morgan fingerprint density at radius 3 is 3.12 bits per heavy atom. The summed E-state index contributed by atoms with van der Waals surface area (Å²) in [5.74, 6) is 1.32. The SMILES string of the molecule is CCNc1cncc(OCCc2cccs2)n1. The van der Waals surface area contributed by atoms with Crippen molar-refractivity contribution < 1.29 is 4.74 Å². The minimum Gasteiger partial charge on any atom is -0.476 e. The van der Waals surface area contributed by atoms with Gasteiger partial charge in [0.1, 0.15) is 5.82 Å². The number of thiophene rings is 1. The number of rotatable bonds is 6. The van der Waals surface area contributed by atoms with Gasteiger partial charge < -0.3 is 10.1 Å². The van der Waals surface area contributed by atoms with Crippen molar-refractivity contribution in [1.29, 1.82) is 0 Å². The lowest BCUT2D eigenvalue weighted by atomic mass is 10.4. The first kappa shape index (κ1) is 11.9. The Labute approximate surface area is 105 Å². The number of nitrogens with zero attached hydrogens (tertiary/aromatic N) is 2. The average Bonchev–Trinajstić information content (AvgIpc) is 2.83. The second kappa shape index (κ2) is 6.20. The summed E-state index contributed by atoms with van der Waals surface area (Å²) in [6, 6.07) is 4.15. The molecule has 2 aromatic rings. The lowest BCUT2D eigenvalue weighted by molar-refractivity contribution is 0.309. The summed E-state index contributed by atoms with van der Waals surface area (Å²) >= 11 is 1.74. The minimum atomic E-state index is 0.569. The van der Waals surface area contributed by atoms with E-state index in [9.17, 15) is 0 Å². The zero-order valence-electron chi connectivity index (χ0n) is 9.72. The Hall–Kier alpha value is -1.62. The van der Waals surface area contributed by atoms with Crippen LogP contribution in [0.5, 0.6) is 5.88 Å². The lowest BCUT2D eigenvalue weighted by Crippen LogP contribution is -2.05. The van der Waals surface area contributed by atoms with Gasteiger partial charge in [0.05, 0.1) is 19.0 Å². The number of hydrogen-bond donors (Lipinski definition) is 1. The van der Waals surface area contributed by atoms with Crippen LogP contribution in [0.4, 0.5) is 5.82 Å². The maximum Gasteiger partial charge on any atom is 0.234 e. The molecule has 90 valence electrons. The van der Waals surface area contributed by atoms with Gasteiger partial charge in [0.15, 0.2) is 0 Å². The van der Waals surface area contributed by atoms with Gasteiger partial charge in [0.2, 0.25) is 5.88 Å². The number of hydrogen-bond acceptors (Lipinski definition) is 5. The average molecular weight is 249 g/mol. The molecule has 0 fully saturated rings. The second-order valence-corrected chi connectivity index (χ2v) is 4.48. The zero-order valence-corrected chi connectivity index (χ0v) is 10.5. The van der Waals surface area contributed by atoms with Gasteiger partial charge in [-0.2, -0.15) is 4.98 Å². The first-order valence-electron chi connectivity index (χ1n) is 5.59. The van der Waals surface area contributed by atoms with E-state index in [0.717, 1.165) is 18.8 Å². The van der Waals surface area contributed by atoms with Gasteiger partial charge >= 0.3 is 0 Å². The summed E-state index contributed by atoms with van der Waals surface area (Å²) in [6.07, 6.45) is 4.23. The van der Waals surface area contributed by atoms with E-state index in [1.807, 2.05) is 13.0 Å². The van der Waals surface area contributed by atoms with Crippen molar-refractivity contribution in [2.75, 3.05) is 18.5 Å². The van der Waals surface area contributed by atoms with Crippen molar-refractivity contribution in [3.63, 3.8) is 0 Å². The summed E-state index contributed by atoms with van der Waals surface area (Å²) in [5, 5.41) is 5.17. The number of aromatic nitrogens is 2. The first-order valence-corrected chi connectivity index (χ1v) is 6.47. The van der Waals surface area contributed by atoms with Crippen LogP contribution in [-0.4, -0.2) is 23.1 Å². The van der Waals surface area contributed by atoms with Crippen LogP contribution in [-0.2, 0) is 6.42 Å². The van der Waals surface area contributed by atoms with Gasteiger partial charge in [-0.1, -0.05) is 6.07 Å². The van der Waals surface area contributed by atoms with Gasteiger partial charge in [-0.15, -0.1) is 11.3 Å². The third-order valence-electron chi connectivity index (χ3n) is 2.15. The molecular weight excluding hydrogens is 234 g/mol. The van der Waals surface area contributed by atoms with Crippen molar-refractivity contribution in [3.05, 3.63) is 34.8 Å². The third-order valence-corrected chi connectivity index (χ3v) is 3.09. The molecule has 0 spiro atoms. The Morgan fingerprint density at radius 1 is 1.41 bits per heavy atom. The standard InChI is InChI=1S/C12H15N3OS/c1-2-14-11-8-13-9-12(15-11)16-6-5-10-4-3-7-17-10/h3-4,7-9H,2,5-6H2,1H3,(H,14,15). The predicted molar refractivity (Wildman–Crippen MR) is 69.7 cm³/mol. The van der Waals surface area contributed by atoms with Crippen LogP contribution in [0.3, 0.4) is 0 Å². The monoisotopic (exact) mass is 249 g/mol. The van der Waals surface area contributed by atoms with E-state index in [2.05, 4.69) is 26.7 Å². The smallest absolute Gasteiger partial charge is 0.234 e. The van der Waals surface area contributed by atoms with E-state index >= 15 is 0 Å². The van der Waals surface area contributed by atoms with Crippen molar-refractivity contribution in [3.8, 4) is 5.88 Å². The van der Waals surface area contributed by atoms with E-state index in [4.69, 9.17) is 4.74 Å². The lowest BCUT2D eigenvalue weighted by Gasteiger charge is -2.06. The number of nitrogens with one attached hydrogen (secondary N) is 1. The summed E-state index contributed by atoms with van der Waals surface area (Å²) < 4.78 is 5.56. The van der Waals surface area contributed by atoms with Crippen molar-refractivity contribution in [1.82, 2.24) is 9.97 Å². The van der Waals surface area contributed by atoms with E-state index in [1.54, 1.807) is 23.7 Å². The van der Waals surface area contributed by atoms with Gasteiger partial charge in [-0.05, 0) is 18.4 Å². The highest BCUT2D eigenvalue weighted by Crippen LogP contribution is 2.12.